The molecular weight excluding hydrogens is 214 g/mol. The maximum absolute atomic E-state index is 9.17. The first kappa shape index (κ1) is 13.9. The van der Waals surface area contributed by atoms with E-state index in [9.17, 15) is 5.26 Å². The van der Waals surface area contributed by atoms with Crippen LogP contribution >= 0.6 is 0 Å². The van der Waals surface area contributed by atoms with Gasteiger partial charge in [0.2, 0.25) is 0 Å². The Labute approximate surface area is 103 Å². The normalized spacial score (nSPS) is 28.7. The molecule has 0 heterocycles. The molecule has 1 aliphatic rings. The van der Waals surface area contributed by atoms with Crippen LogP contribution in [0, 0.1) is 11.3 Å². The Morgan fingerprint density at radius 3 is 2.71 bits per heavy atom. The number of ether oxygens (including phenoxy) is 1. The van der Waals surface area contributed by atoms with Crippen LogP contribution in [0.2, 0.25) is 0 Å². The summed E-state index contributed by atoms with van der Waals surface area (Å²) in [5.41, 5.74) is 5.61. The smallest absolute Gasteiger partial charge is 0.124 e. The number of likely N-dealkylation sites (N-methyl/N-ethyl adjacent to an activating group) is 1. The second kappa shape index (κ2) is 5.01. The largest absolute Gasteiger partial charge is 0.367 e. The van der Waals surface area contributed by atoms with Crippen LogP contribution in [0.3, 0.4) is 0 Å². The number of nitriles is 1. The Balaban J connectivity index is 3.27. The summed E-state index contributed by atoms with van der Waals surface area (Å²) < 4.78 is 5.90. The molecule has 0 fully saturated rings. The van der Waals surface area contributed by atoms with E-state index < -0.39 is 11.1 Å². The van der Waals surface area contributed by atoms with Crippen molar-refractivity contribution in [1.29, 1.82) is 5.26 Å². The molecule has 0 saturated carbocycles. The molecule has 0 aromatic heterocycles. The number of nitrogens with zero attached hydrogens (tertiary/aromatic N) is 1. The minimum absolute atomic E-state index is 0.225. The molecule has 0 aromatic carbocycles. The summed E-state index contributed by atoms with van der Waals surface area (Å²) >= 11 is 0. The van der Waals surface area contributed by atoms with Crippen LogP contribution in [-0.4, -0.2) is 30.8 Å². The molecule has 17 heavy (non-hydrogen) atoms. The van der Waals surface area contributed by atoms with Crippen LogP contribution in [0.15, 0.2) is 23.8 Å². The topological polar surface area (TPSA) is 71.1 Å². The number of rotatable bonds is 4. The van der Waals surface area contributed by atoms with E-state index >= 15 is 0 Å². The number of hydrogen-bond donors (Lipinski definition) is 2. The first-order valence-electron chi connectivity index (χ1n) is 5.82. The molecule has 2 unspecified atom stereocenters. The van der Waals surface area contributed by atoms with Crippen molar-refractivity contribution >= 4 is 0 Å². The van der Waals surface area contributed by atoms with E-state index in [4.69, 9.17) is 10.5 Å². The summed E-state index contributed by atoms with van der Waals surface area (Å²) in [6.45, 7) is 6.30. The average Bonchev–Trinajstić information content (AvgIpc) is 2.27. The molecule has 4 heteroatoms. The second-order valence-electron chi connectivity index (χ2n) is 4.76. The third-order valence-electron chi connectivity index (χ3n) is 3.17. The molecule has 94 valence electrons. The van der Waals surface area contributed by atoms with E-state index in [0.717, 1.165) is 0 Å². The van der Waals surface area contributed by atoms with Crippen molar-refractivity contribution in [3.63, 3.8) is 0 Å². The zero-order valence-corrected chi connectivity index (χ0v) is 10.9. The highest BCUT2D eigenvalue weighted by Crippen LogP contribution is 2.35. The van der Waals surface area contributed by atoms with Crippen LogP contribution in [0.4, 0.5) is 0 Å². The van der Waals surface area contributed by atoms with Gasteiger partial charge in [-0.25, -0.2) is 0 Å². The van der Waals surface area contributed by atoms with Crippen LogP contribution in [-0.2, 0) is 4.74 Å². The number of hydrogen-bond acceptors (Lipinski definition) is 4. The fourth-order valence-corrected chi connectivity index (χ4v) is 2.33. The third-order valence-corrected chi connectivity index (χ3v) is 3.17. The first-order chi connectivity index (χ1) is 7.93. The zero-order chi connectivity index (χ0) is 13.1. The molecule has 1 aliphatic carbocycles. The summed E-state index contributed by atoms with van der Waals surface area (Å²) in [7, 11) is 1.81. The van der Waals surface area contributed by atoms with Gasteiger partial charge in [0.1, 0.15) is 5.60 Å². The van der Waals surface area contributed by atoms with E-state index in [1.54, 1.807) is 6.08 Å². The highest BCUT2D eigenvalue weighted by atomic mass is 16.5. The van der Waals surface area contributed by atoms with Crippen molar-refractivity contribution in [3.05, 3.63) is 23.8 Å². The van der Waals surface area contributed by atoms with Gasteiger partial charge in [-0.1, -0.05) is 6.08 Å². The predicted octanol–water partition coefficient (Wildman–Crippen LogP) is 1.11. The SMILES string of the molecule is CCOC1(C(C)(C)N)C=CC=C(C#N)C1NC. The van der Waals surface area contributed by atoms with E-state index in [0.29, 0.717) is 12.2 Å². The molecule has 0 spiro atoms. The Morgan fingerprint density at radius 1 is 1.65 bits per heavy atom. The maximum Gasteiger partial charge on any atom is 0.124 e. The summed E-state index contributed by atoms with van der Waals surface area (Å²) in [6, 6.07) is 1.98. The van der Waals surface area contributed by atoms with Crippen molar-refractivity contribution in [2.75, 3.05) is 13.7 Å². The fourth-order valence-electron chi connectivity index (χ4n) is 2.33. The lowest BCUT2D eigenvalue weighted by atomic mass is 9.72. The van der Waals surface area contributed by atoms with Gasteiger partial charge in [-0.05, 0) is 40.0 Å². The van der Waals surface area contributed by atoms with Crippen molar-refractivity contribution in [2.24, 2.45) is 5.73 Å². The van der Waals surface area contributed by atoms with E-state index in [1.165, 1.54) is 0 Å². The fraction of sp³-hybridized carbons (Fsp3) is 0.615. The molecular formula is C13H21N3O. The van der Waals surface area contributed by atoms with Gasteiger partial charge in [0.05, 0.1) is 12.1 Å². The van der Waals surface area contributed by atoms with Gasteiger partial charge in [-0.2, -0.15) is 5.26 Å². The molecule has 0 amide bonds. The van der Waals surface area contributed by atoms with Crippen LogP contribution in [0.5, 0.6) is 0 Å². The minimum Gasteiger partial charge on any atom is -0.367 e. The first-order valence-corrected chi connectivity index (χ1v) is 5.82. The summed E-state index contributed by atoms with van der Waals surface area (Å²) in [4.78, 5) is 0. The lowest BCUT2D eigenvalue weighted by Crippen LogP contribution is -2.67. The number of nitrogens with one attached hydrogen (secondary N) is 1. The lowest BCUT2D eigenvalue weighted by molar-refractivity contribution is -0.0633. The summed E-state index contributed by atoms with van der Waals surface area (Å²) in [5, 5.41) is 12.3. The van der Waals surface area contributed by atoms with Crippen molar-refractivity contribution in [2.45, 2.75) is 38.0 Å². The average molecular weight is 235 g/mol. The minimum atomic E-state index is -0.698. The van der Waals surface area contributed by atoms with Crippen LogP contribution in [0.1, 0.15) is 20.8 Å². The van der Waals surface area contributed by atoms with E-state index in [-0.39, 0.29) is 6.04 Å². The lowest BCUT2D eigenvalue weighted by Gasteiger charge is -2.48. The molecule has 4 nitrogen and oxygen atoms in total. The van der Waals surface area contributed by atoms with E-state index in [2.05, 4.69) is 11.4 Å². The van der Waals surface area contributed by atoms with Crippen molar-refractivity contribution in [1.82, 2.24) is 5.32 Å². The molecule has 2 atom stereocenters. The van der Waals surface area contributed by atoms with Crippen molar-refractivity contribution < 1.29 is 4.74 Å². The maximum atomic E-state index is 9.17. The second-order valence-corrected chi connectivity index (χ2v) is 4.76. The molecule has 0 radical (unpaired) electrons. The van der Waals surface area contributed by atoms with Gasteiger partial charge >= 0.3 is 0 Å². The Bertz CT molecular complexity index is 373. The zero-order valence-electron chi connectivity index (χ0n) is 10.9. The molecule has 0 aromatic rings. The van der Waals surface area contributed by atoms with E-state index in [1.807, 2.05) is 40.0 Å². The third kappa shape index (κ3) is 2.27. The van der Waals surface area contributed by atoms with Crippen LogP contribution in [0.25, 0.3) is 0 Å². The summed E-state index contributed by atoms with van der Waals surface area (Å²) in [6.07, 6.45) is 5.58. The van der Waals surface area contributed by atoms with Crippen molar-refractivity contribution in [3.8, 4) is 6.07 Å². The Kier molecular flexibility index (Phi) is 4.10. The van der Waals surface area contributed by atoms with Crippen LogP contribution < -0.4 is 11.1 Å². The van der Waals surface area contributed by atoms with Gasteiger partial charge < -0.3 is 15.8 Å². The molecule has 3 N–H and O–H groups in total. The highest BCUT2D eigenvalue weighted by Gasteiger charge is 2.49. The van der Waals surface area contributed by atoms with Gasteiger partial charge in [-0.3, -0.25) is 0 Å². The molecule has 0 bridgehead atoms. The van der Waals surface area contributed by atoms with Gasteiger partial charge in [0.25, 0.3) is 0 Å². The predicted molar refractivity (Wildman–Crippen MR) is 68.3 cm³/mol. The highest BCUT2D eigenvalue weighted by molar-refractivity contribution is 5.43. The van der Waals surface area contributed by atoms with Gasteiger partial charge in [0, 0.05) is 17.7 Å². The molecule has 1 rings (SSSR count). The standard InChI is InChI=1S/C13H21N3O/c1-5-17-13(12(2,3)15)8-6-7-10(9-14)11(13)16-4/h6-8,11,16H,5,15H2,1-4H3. The molecule has 0 aliphatic heterocycles. The quantitative estimate of drug-likeness (QED) is 0.765. The Morgan fingerprint density at radius 2 is 2.29 bits per heavy atom. The number of nitrogens with two attached hydrogens (primary N) is 1. The van der Waals surface area contributed by atoms with Gasteiger partial charge in [-0.15, -0.1) is 0 Å². The molecule has 0 saturated heterocycles. The monoisotopic (exact) mass is 235 g/mol. The summed E-state index contributed by atoms with van der Waals surface area (Å²) in [5.74, 6) is 0. The van der Waals surface area contributed by atoms with Gasteiger partial charge in [0.15, 0.2) is 0 Å². The number of allylic oxidation sites excluding steroid dienone is 2. The Hall–Kier alpha value is -1.15.